The Hall–Kier alpha value is -2.27. The maximum Gasteiger partial charge on any atom is 0.267 e. The van der Waals surface area contributed by atoms with Gasteiger partial charge in [-0.25, -0.2) is 4.98 Å². The number of pyridine rings is 1. The first-order valence-electron chi connectivity index (χ1n) is 5.57. The van der Waals surface area contributed by atoms with Crippen LogP contribution < -0.4 is 16.8 Å². The fourth-order valence-electron chi connectivity index (χ4n) is 1.58. The van der Waals surface area contributed by atoms with Gasteiger partial charge in [0.1, 0.15) is 5.69 Å². The van der Waals surface area contributed by atoms with Gasteiger partial charge in [0, 0.05) is 10.7 Å². The van der Waals surface area contributed by atoms with E-state index >= 15 is 0 Å². The van der Waals surface area contributed by atoms with E-state index in [9.17, 15) is 4.79 Å². The number of hydrogen-bond acceptors (Lipinski definition) is 4. The Balaban J connectivity index is 2.40. The number of nitrogens with two attached hydrogens (primary N) is 2. The highest BCUT2D eigenvalue weighted by Crippen LogP contribution is 2.27. The molecule has 2 rings (SSSR count). The minimum Gasteiger partial charge on any atom is -0.396 e. The first-order chi connectivity index (χ1) is 8.99. The highest BCUT2D eigenvalue weighted by Gasteiger charge is 2.09. The molecule has 0 saturated carbocycles. The molecule has 0 aliphatic heterocycles. The second-order valence-electron chi connectivity index (χ2n) is 4.04. The van der Waals surface area contributed by atoms with Gasteiger partial charge in [-0.2, -0.15) is 0 Å². The van der Waals surface area contributed by atoms with Crippen molar-refractivity contribution < 1.29 is 4.79 Å². The number of carbonyl (C=O) groups excluding carboxylic acids is 1. The number of benzene rings is 1. The molecule has 98 valence electrons. The van der Waals surface area contributed by atoms with Gasteiger partial charge in [-0.05, 0) is 36.8 Å². The van der Waals surface area contributed by atoms with Crippen LogP contribution in [0.3, 0.4) is 0 Å². The number of nitrogens with zero attached hydrogens (tertiary/aromatic N) is 1. The Labute approximate surface area is 115 Å². The van der Waals surface area contributed by atoms with Gasteiger partial charge in [-0.15, -0.1) is 0 Å². The molecule has 0 aliphatic rings. The average Bonchev–Trinajstić information content (AvgIpc) is 2.37. The molecule has 0 radical (unpaired) electrons. The maximum atomic E-state index is 11.1. The third-order valence-corrected chi connectivity index (χ3v) is 3.11. The number of primary amides is 1. The number of anilines is 3. The Morgan fingerprint density at radius 3 is 2.74 bits per heavy atom. The van der Waals surface area contributed by atoms with E-state index < -0.39 is 5.91 Å². The third kappa shape index (κ3) is 2.77. The van der Waals surface area contributed by atoms with Gasteiger partial charge in [0.25, 0.3) is 5.91 Å². The SMILES string of the molecule is Cc1c(Cl)cccc1Nc1nc(C(N)=O)ccc1N. The molecular formula is C13H13ClN4O. The quantitative estimate of drug-likeness (QED) is 0.803. The standard InChI is InChI=1S/C13H13ClN4O/c1-7-8(14)3-2-4-10(7)17-13-9(15)5-6-11(18-13)12(16)19/h2-6H,15H2,1H3,(H2,16,19)(H,17,18). The molecule has 0 bridgehead atoms. The molecule has 0 unspecified atom stereocenters. The molecule has 2 aromatic rings. The lowest BCUT2D eigenvalue weighted by Crippen LogP contribution is -2.14. The highest BCUT2D eigenvalue weighted by atomic mass is 35.5. The van der Waals surface area contributed by atoms with Crippen LogP contribution in [-0.2, 0) is 0 Å². The molecule has 19 heavy (non-hydrogen) atoms. The van der Waals surface area contributed by atoms with Crippen molar-refractivity contribution in [2.75, 3.05) is 11.1 Å². The van der Waals surface area contributed by atoms with E-state index in [0.29, 0.717) is 16.5 Å². The monoisotopic (exact) mass is 276 g/mol. The van der Waals surface area contributed by atoms with Crippen LogP contribution in [0.4, 0.5) is 17.2 Å². The molecule has 0 saturated heterocycles. The third-order valence-electron chi connectivity index (χ3n) is 2.70. The summed E-state index contributed by atoms with van der Waals surface area (Å²) < 4.78 is 0. The second kappa shape index (κ2) is 5.16. The molecular weight excluding hydrogens is 264 g/mol. The van der Waals surface area contributed by atoms with Crippen LogP contribution in [-0.4, -0.2) is 10.9 Å². The van der Waals surface area contributed by atoms with Crippen molar-refractivity contribution in [3.05, 3.63) is 46.6 Å². The number of nitrogens with one attached hydrogen (secondary N) is 1. The molecule has 5 nitrogen and oxygen atoms in total. The Kier molecular flexibility index (Phi) is 3.57. The molecule has 1 aromatic heterocycles. The molecule has 0 spiro atoms. The van der Waals surface area contributed by atoms with Crippen molar-refractivity contribution in [3.63, 3.8) is 0 Å². The topological polar surface area (TPSA) is 94.0 Å². The molecule has 6 heteroatoms. The Bertz CT molecular complexity index is 643. The van der Waals surface area contributed by atoms with Crippen LogP contribution in [0, 0.1) is 6.92 Å². The minimum atomic E-state index is -0.606. The summed E-state index contributed by atoms with van der Waals surface area (Å²) in [4.78, 5) is 15.2. The summed E-state index contributed by atoms with van der Waals surface area (Å²) in [5.74, 6) is -0.229. The molecule has 1 heterocycles. The van der Waals surface area contributed by atoms with E-state index in [1.54, 1.807) is 12.1 Å². The summed E-state index contributed by atoms with van der Waals surface area (Å²) in [7, 11) is 0. The van der Waals surface area contributed by atoms with Crippen LogP contribution in [0.1, 0.15) is 16.1 Å². The lowest BCUT2D eigenvalue weighted by atomic mass is 10.2. The molecule has 0 fully saturated rings. The summed E-state index contributed by atoms with van der Waals surface area (Å²) in [6.45, 7) is 1.87. The van der Waals surface area contributed by atoms with Gasteiger partial charge >= 0.3 is 0 Å². The Morgan fingerprint density at radius 1 is 1.32 bits per heavy atom. The normalized spacial score (nSPS) is 10.2. The number of nitrogen functional groups attached to an aromatic ring is 1. The van der Waals surface area contributed by atoms with Gasteiger partial charge in [0.2, 0.25) is 0 Å². The van der Waals surface area contributed by atoms with Gasteiger partial charge in [0.15, 0.2) is 5.82 Å². The number of carbonyl (C=O) groups is 1. The Morgan fingerprint density at radius 2 is 2.05 bits per heavy atom. The number of amides is 1. The zero-order valence-electron chi connectivity index (χ0n) is 10.3. The van der Waals surface area contributed by atoms with Crippen LogP contribution in [0.25, 0.3) is 0 Å². The molecule has 0 aliphatic carbocycles. The predicted octanol–water partition coefficient (Wildman–Crippen LogP) is 2.47. The predicted molar refractivity (Wildman–Crippen MR) is 76.6 cm³/mol. The minimum absolute atomic E-state index is 0.149. The summed E-state index contributed by atoms with van der Waals surface area (Å²) in [6, 6.07) is 8.51. The molecule has 1 aromatic carbocycles. The first-order valence-corrected chi connectivity index (χ1v) is 5.95. The van der Waals surface area contributed by atoms with Crippen molar-refractivity contribution >= 4 is 34.7 Å². The van der Waals surface area contributed by atoms with Crippen LogP contribution in [0.15, 0.2) is 30.3 Å². The van der Waals surface area contributed by atoms with Crippen LogP contribution in [0.5, 0.6) is 0 Å². The molecule has 0 atom stereocenters. The number of hydrogen-bond donors (Lipinski definition) is 3. The smallest absolute Gasteiger partial charge is 0.267 e. The van der Waals surface area contributed by atoms with Crippen molar-refractivity contribution in [2.45, 2.75) is 6.92 Å². The first kappa shape index (κ1) is 13.2. The van der Waals surface area contributed by atoms with Gasteiger partial charge in [-0.1, -0.05) is 17.7 Å². The van der Waals surface area contributed by atoms with Crippen LogP contribution >= 0.6 is 11.6 Å². The van der Waals surface area contributed by atoms with Crippen molar-refractivity contribution in [2.24, 2.45) is 5.73 Å². The number of rotatable bonds is 3. The van der Waals surface area contributed by atoms with Crippen molar-refractivity contribution in [1.29, 1.82) is 0 Å². The van der Waals surface area contributed by atoms with Crippen molar-refractivity contribution in [1.82, 2.24) is 4.98 Å². The second-order valence-corrected chi connectivity index (χ2v) is 4.44. The lowest BCUT2D eigenvalue weighted by Gasteiger charge is -2.12. The van der Waals surface area contributed by atoms with E-state index in [2.05, 4.69) is 10.3 Å². The summed E-state index contributed by atoms with van der Waals surface area (Å²) >= 11 is 6.04. The van der Waals surface area contributed by atoms with E-state index in [1.807, 2.05) is 19.1 Å². The fourth-order valence-corrected chi connectivity index (χ4v) is 1.75. The zero-order chi connectivity index (χ0) is 14.0. The summed E-state index contributed by atoms with van der Waals surface area (Å²) in [5.41, 5.74) is 13.2. The summed E-state index contributed by atoms with van der Waals surface area (Å²) in [6.07, 6.45) is 0. The average molecular weight is 277 g/mol. The van der Waals surface area contributed by atoms with Gasteiger partial charge in [-0.3, -0.25) is 4.79 Å². The fraction of sp³-hybridized carbons (Fsp3) is 0.0769. The maximum absolute atomic E-state index is 11.1. The van der Waals surface area contributed by atoms with E-state index in [-0.39, 0.29) is 5.69 Å². The zero-order valence-corrected chi connectivity index (χ0v) is 11.0. The number of aromatic nitrogens is 1. The van der Waals surface area contributed by atoms with Gasteiger partial charge in [0.05, 0.1) is 5.69 Å². The van der Waals surface area contributed by atoms with E-state index in [0.717, 1.165) is 11.3 Å². The summed E-state index contributed by atoms with van der Waals surface area (Å²) in [5, 5.41) is 3.68. The molecule has 5 N–H and O–H groups in total. The lowest BCUT2D eigenvalue weighted by molar-refractivity contribution is 0.0996. The van der Waals surface area contributed by atoms with E-state index in [4.69, 9.17) is 23.1 Å². The van der Waals surface area contributed by atoms with Gasteiger partial charge < -0.3 is 16.8 Å². The number of halogens is 1. The largest absolute Gasteiger partial charge is 0.396 e. The van der Waals surface area contributed by atoms with E-state index in [1.165, 1.54) is 6.07 Å². The van der Waals surface area contributed by atoms with Crippen LogP contribution in [0.2, 0.25) is 5.02 Å². The highest BCUT2D eigenvalue weighted by molar-refractivity contribution is 6.31. The molecule has 1 amide bonds. The van der Waals surface area contributed by atoms with Crippen molar-refractivity contribution in [3.8, 4) is 0 Å².